The normalized spacial score (nSPS) is 21.8. The summed E-state index contributed by atoms with van der Waals surface area (Å²) in [5, 5.41) is 3.12. The van der Waals surface area contributed by atoms with E-state index in [0.29, 0.717) is 25.4 Å². The van der Waals surface area contributed by atoms with Gasteiger partial charge in [-0.3, -0.25) is 9.59 Å². The van der Waals surface area contributed by atoms with E-state index >= 15 is 0 Å². The number of amides is 2. The number of hydrogen-bond donors (Lipinski definition) is 2. The van der Waals surface area contributed by atoms with Gasteiger partial charge in [-0.05, 0) is 43.5 Å². The predicted octanol–water partition coefficient (Wildman–Crippen LogP) is 1.66. The predicted molar refractivity (Wildman–Crippen MR) is 112 cm³/mol. The maximum absolute atomic E-state index is 12.8. The van der Waals surface area contributed by atoms with Gasteiger partial charge in [-0.15, -0.1) is 24.8 Å². The summed E-state index contributed by atoms with van der Waals surface area (Å²) in [5.41, 5.74) is 7.37. The van der Waals surface area contributed by atoms with Crippen molar-refractivity contribution in [3.05, 3.63) is 35.4 Å². The number of carbonyl (C=O) groups excluding carboxylic acids is 2. The highest BCUT2D eigenvalue weighted by Crippen LogP contribution is 2.31. The Morgan fingerprint density at radius 1 is 1.22 bits per heavy atom. The molecule has 27 heavy (non-hydrogen) atoms. The maximum Gasteiger partial charge on any atom is 0.253 e. The highest BCUT2D eigenvalue weighted by atomic mass is 35.5. The fourth-order valence-electron chi connectivity index (χ4n) is 4.02. The minimum absolute atomic E-state index is 0. The first-order valence-electron chi connectivity index (χ1n) is 9.16. The Morgan fingerprint density at radius 3 is 2.56 bits per heavy atom. The van der Waals surface area contributed by atoms with Crippen molar-refractivity contribution >= 4 is 36.6 Å². The number of fused-ring (bicyclic) bond motifs is 1. The molecular formula is C19H30Cl2N4O2. The highest BCUT2D eigenvalue weighted by molar-refractivity contribution is 5.94. The molecule has 2 fully saturated rings. The van der Waals surface area contributed by atoms with Gasteiger partial charge in [0.2, 0.25) is 5.91 Å². The van der Waals surface area contributed by atoms with Gasteiger partial charge in [-0.1, -0.05) is 12.1 Å². The molecule has 1 aromatic rings. The van der Waals surface area contributed by atoms with E-state index in [9.17, 15) is 9.59 Å². The number of hydrogen-bond acceptors (Lipinski definition) is 4. The molecule has 2 aliphatic rings. The molecular weight excluding hydrogens is 387 g/mol. The van der Waals surface area contributed by atoms with E-state index in [0.717, 1.165) is 43.6 Å². The zero-order valence-electron chi connectivity index (χ0n) is 15.7. The average Bonchev–Trinajstić information content (AvgIpc) is 2.66. The van der Waals surface area contributed by atoms with Crippen LogP contribution >= 0.6 is 24.8 Å². The Kier molecular flexibility index (Phi) is 9.53. The second-order valence-electron chi connectivity index (χ2n) is 7.00. The molecule has 0 aromatic heterocycles. The Morgan fingerprint density at radius 2 is 1.93 bits per heavy atom. The fourth-order valence-corrected chi connectivity index (χ4v) is 4.02. The third kappa shape index (κ3) is 5.35. The fraction of sp³-hybridized carbons (Fsp3) is 0.579. The number of nitrogens with two attached hydrogens (primary N) is 1. The first-order chi connectivity index (χ1) is 12.1. The quantitative estimate of drug-likeness (QED) is 0.764. The summed E-state index contributed by atoms with van der Waals surface area (Å²) in [6, 6.07) is 7.83. The molecule has 0 radical (unpaired) electrons. The van der Waals surface area contributed by atoms with Gasteiger partial charge >= 0.3 is 0 Å². The van der Waals surface area contributed by atoms with E-state index in [1.165, 1.54) is 0 Å². The van der Waals surface area contributed by atoms with Crippen LogP contribution in [0.2, 0.25) is 0 Å². The summed E-state index contributed by atoms with van der Waals surface area (Å²) in [6.45, 7) is 3.50. The smallest absolute Gasteiger partial charge is 0.253 e. The molecule has 1 aromatic carbocycles. The third-order valence-corrected chi connectivity index (χ3v) is 5.47. The molecule has 6 nitrogen and oxygen atoms in total. The summed E-state index contributed by atoms with van der Waals surface area (Å²) < 4.78 is 0. The number of likely N-dealkylation sites (tertiary alicyclic amines) is 2. The van der Waals surface area contributed by atoms with Crippen molar-refractivity contribution in [3.63, 3.8) is 0 Å². The monoisotopic (exact) mass is 416 g/mol. The van der Waals surface area contributed by atoms with Crippen LogP contribution in [-0.2, 0) is 11.3 Å². The van der Waals surface area contributed by atoms with Crippen molar-refractivity contribution in [2.75, 3.05) is 33.2 Å². The van der Waals surface area contributed by atoms with Crippen LogP contribution in [0.15, 0.2) is 24.3 Å². The number of carbonyl (C=O) groups is 2. The van der Waals surface area contributed by atoms with Crippen LogP contribution in [0.3, 0.4) is 0 Å². The van der Waals surface area contributed by atoms with Crippen LogP contribution < -0.4 is 11.1 Å². The van der Waals surface area contributed by atoms with Gasteiger partial charge in [-0.2, -0.15) is 0 Å². The van der Waals surface area contributed by atoms with E-state index in [1.54, 1.807) is 0 Å². The lowest BCUT2D eigenvalue weighted by Crippen LogP contribution is -2.57. The second kappa shape index (κ2) is 10.9. The van der Waals surface area contributed by atoms with Gasteiger partial charge in [0, 0.05) is 50.7 Å². The van der Waals surface area contributed by atoms with E-state index < -0.39 is 0 Å². The third-order valence-electron chi connectivity index (χ3n) is 5.47. The molecule has 3 rings (SSSR count). The molecule has 0 saturated carbocycles. The summed E-state index contributed by atoms with van der Waals surface area (Å²) >= 11 is 0. The first kappa shape index (κ1) is 23.7. The van der Waals surface area contributed by atoms with Crippen molar-refractivity contribution < 1.29 is 9.59 Å². The standard InChI is InChI=1S/C19H28N4O2.2ClH/c1-21-9-11-23-17-8-10-22(13-16(17)6-7-18(23)24)19(25)15-4-2-14(12-20)3-5-15;;/h2-5,16-17,21H,6-13,20H2,1H3;2*1H/t16-,17+;;/m0../s1. The van der Waals surface area contributed by atoms with Crippen molar-refractivity contribution in [1.82, 2.24) is 15.1 Å². The molecule has 8 heteroatoms. The molecule has 2 saturated heterocycles. The number of likely N-dealkylation sites (N-methyl/N-ethyl adjacent to an activating group) is 1. The van der Waals surface area contributed by atoms with Crippen molar-refractivity contribution in [2.45, 2.75) is 31.8 Å². The van der Waals surface area contributed by atoms with Gasteiger partial charge < -0.3 is 20.9 Å². The number of nitrogens with one attached hydrogen (secondary N) is 1. The topological polar surface area (TPSA) is 78.7 Å². The van der Waals surface area contributed by atoms with Gasteiger partial charge in [0.25, 0.3) is 5.91 Å². The van der Waals surface area contributed by atoms with E-state index in [4.69, 9.17) is 5.73 Å². The van der Waals surface area contributed by atoms with Crippen LogP contribution in [-0.4, -0.2) is 60.9 Å². The zero-order chi connectivity index (χ0) is 17.8. The van der Waals surface area contributed by atoms with Gasteiger partial charge in [0.1, 0.15) is 0 Å². The minimum Gasteiger partial charge on any atom is -0.338 e. The lowest BCUT2D eigenvalue weighted by molar-refractivity contribution is -0.140. The zero-order valence-corrected chi connectivity index (χ0v) is 17.4. The molecule has 2 atom stereocenters. The Labute approximate surface area is 173 Å². The van der Waals surface area contributed by atoms with Crippen LogP contribution in [0.4, 0.5) is 0 Å². The van der Waals surface area contributed by atoms with Crippen LogP contribution in [0.1, 0.15) is 35.2 Å². The highest BCUT2D eigenvalue weighted by Gasteiger charge is 2.40. The summed E-state index contributed by atoms with van der Waals surface area (Å²) in [4.78, 5) is 29.0. The van der Waals surface area contributed by atoms with Gasteiger partial charge in [0.15, 0.2) is 0 Å². The maximum atomic E-state index is 12.8. The number of piperidine rings is 2. The number of benzene rings is 1. The molecule has 0 spiro atoms. The van der Waals surface area contributed by atoms with Crippen LogP contribution in [0, 0.1) is 5.92 Å². The average molecular weight is 417 g/mol. The van der Waals surface area contributed by atoms with Crippen molar-refractivity contribution in [3.8, 4) is 0 Å². The second-order valence-corrected chi connectivity index (χ2v) is 7.00. The van der Waals surface area contributed by atoms with Gasteiger partial charge in [-0.25, -0.2) is 0 Å². The molecule has 0 unspecified atom stereocenters. The molecule has 0 bridgehead atoms. The number of rotatable bonds is 5. The Balaban J connectivity index is 0.00000182. The van der Waals surface area contributed by atoms with E-state index in [2.05, 4.69) is 5.32 Å². The molecule has 0 aliphatic carbocycles. The van der Waals surface area contributed by atoms with Crippen molar-refractivity contribution in [1.29, 1.82) is 0 Å². The van der Waals surface area contributed by atoms with E-state index in [-0.39, 0.29) is 42.7 Å². The molecule has 2 amide bonds. The van der Waals surface area contributed by atoms with E-state index in [1.807, 2.05) is 41.1 Å². The first-order valence-corrected chi connectivity index (χ1v) is 9.16. The largest absolute Gasteiger partial charge is 0.338 e. The molecule has 3 N–H and O–H groups in total. The van der Waals surface area contributed by atoms with Crippen molar-refractivity contribution in [2.24, 2.45) is 11.7 Å². The Hall–Kier alpha value is -1.34. The summed E-state index contributed by atoms with van der Waals surface area (Å²) in [6.07, 6.45) is 2.35. The molecule has 2 aliphatic heterocycles. The number of nitrogens with zero attached hydrogens (tertiary/aromatic N) is 2. The summed E-state index contributed by atoms with van der Waals surface area (Å²) in [7, 11) is 1.91. The van der Waals surface area contributed by atoms with Crippen LogP contribution in [0.5, 0.6) is 0 Å². The summed E-state index contributed by atoms with van der Waals surface area (Å²) in [5.74, 6) is 0.727. The van der Waals surface area contributed by atoms with Gasteiger partial charge in [0.05, 0.1) is 0 Å². The SMILES string of the molecule is CNCCN1C(=O)CC[C@H]2CN(C(=O)c3ccc(CN)cc3)CC[C@H]21.Cl.Cl. The molecule has 152 valence electrons. The lowest BCUT2D eigenvalue weighted by atomic mass is 9.83. The Bertz CT molecular complexity index is 627. The number of halogens is 2. The van der Waals surface area contributed by atoms with Crippen LogP contribution in [0.25, 0.3) is 0 Å². The molecule has 2 heterocycles. The minimum atomic E-state index is 0. The lowest BCUT2D eigenvalue weighted by Gasteiger charge is -2.47.